The van der Waals surface area contributed by atoms with Crippen LogP contribution >= 0.6 is 0 Å². The first-order valence-corrected chi connectivity index (χ1v) is 9.77. The van der Waals surface area contributed by atoms with E-state index in [9.17, 15) is 18.7 Å². The molecule has 3 rings (SSSR count). The lowest BCUT2D eigenvalue weighted by atomic mass is 9.80. The molecule has 0 amide bonds. The Morgan fingerprint density at radius 3 is 2.41 bits per heavy atom. The summed E-state index contributed by atoms with van der Waals surface area (Å²) in [5, 5.41) is 11.3. The van der Waals surface area contributed by atoms with Gasteiger partial charge in [0, 0.05) is 37.5 Å². The van der Waals surface area contributed by atoms with E-state index in [1.165, 1.54) is 0 Å². The van der Waals surface area contributed by atoms with E-state index in [1.54, 1.807) is 30.3 Å². The molecule has 27 heavy (non-hydrogen) atoms. The van der Waals surface area contributed by atoms with E-state index in [-0.39, 0.29) is 25.4 Å². The number of hydrogen-bond acceptors (Lipinski definition) is 3. The highest BCUT2D eigenvalue weighted by atomic mass is 19.3. The van der Waals surface area contributed by atoms with Crippen LogP contribution in [-0.4, -0.2) is 55.3 Å². The molecule has 4 nitrogen and oxygen atoms in total. The number of rotatable bonds is 5. The fourth-order valence-corrected chi connectivity index (χ4v) is 4.31. The minimum absolute atomic E-state index is 0.0998. The number of carbonyl (C=O) groups excluding carboxylic acids is 1. The highest BCUT2D eigenvalue weighted by Gasteiger charge is 2.54. The number of halogens is 2. The Morgan fingerprint density at radius 2 is 1.85 bits per heavy atom. The Kier molecular flexibility index (Phi) is 5.59. The van der Waals surface area contributed by atoms with Crippen LogP contribution in [0.3, 0.4) is 0 Å². The van der Waals surface area contributed by atoms with Gasteiger partial charge < -0.3 is 14.3 Å². The van der Waals surface area contributed by atoms with Crippen molar-refractivity contribution in [3.63, 3.8) is 0 Å². The molecule has 1 saturated heterocycles. The Labute approximate surface area is 159 Å². The maximum Gasteiger partial charge on any atom is 0.343 e. The topological polar surface area (TPSA) is 46.5 Å². The number of nitrogens with zero attached hydrogens (tertiary/aromatic N) is 1. The fraction of sp³-hybridized carbons (Fsp3) is 0.667. The second kappa shape index (κ2) is 7.47. The summed E-state index contributed by atoms with van der Waals surface area (Å²) in [6.07, 6.45) is 1.19. The van der Waals surface area contributed by atoms with Crippen LogP contribution in [0.15, 0.2) is 30.3 Å². The van der Waals surface area contributed by atoms with Crippen LogP contribution in [0.2, 0.25) is 0 Å². The molecule has 1 aromatic carbocycles. The van der Waals surface area contributed by atoms with Crippen molar-refractivity contribution in [3.8, 4) is 0 Å². The molecule has 1 aliphatic heterocycles. The highest BCUT2D eigenvalue weighted by Crippen LogP contribution is 2.48. The summed E-state index contributed by atoms with van der Waals surface area (Å²) < 4.78 is 34.0. The second-order valence-electron chi connectivity index (χ2n) is 8.85. The van der Waals surface area contributed by atoms with Crippen LogP contribution < -0.4 is 0 Å². The molecule has 1 saturated carbocycles. The Morgan fingerprint density at radius 1 is 1.22 bits per heavy atom. The first kappa shape index (κ1) is 20.2. The number of hydrogen-bond donors (Lipinski definition) is 1. The van der Waals surface area contributed by atoms with Crippen molar-refractivity contribution in [2.24, 2.45) is 11.8 Å². The normalized spacial score (nSPS) is 27.1. The second-order valence-corrected chi connectivity index (χ2v) is 8.85. The van der Waals surface area contributed by atoms with Crippen molar-refractivity contribution >= 4 is 5.97 Å². The molecule has 2 fully saturated rings. The fourth-order valence-electron chi connectivity index (χ4n) is 4.31. The van der Waals surface area contributed by atoms with Gasteiger partial charge in [0.2, 0.25) is 5.92 Å². The van der Waals surface area contributed by atoms with Crippen LogP contribution in [0.5, 0.6) is 0 Å². The summed E-state index contributed by atoms with van der Waals surface area (Å²) >= 11 is 0. The smallest absolute Gasteiger partial charge is 0.343 e. The zero-order valence-corrected chi connectivity index (χ0v) is 16.2. The van der Waals surface area contributed by atoms with Gasteiger partial charge in [-0.1, -0.05) is 30.3 Å². The zero-order valence-electron chi connectivity index (χ0n) is 16.2. The standard InChI is InChI=1S/C21H30F2NO3/c1-24(2)12-9-16(10-13-24)15-27-19(25)21(26,17-6-4-3-5-7-17)18-8-11-20(22,23)14-18/h3-7,16,18,26H,8-15H2,1-2H3/q+1/t18-,21+/m1/s1. The van der Waals surface area contributed by atoms with E-state index >= 15 is 0 Å². The van der Waals surface area contributed by atoms with Crippen molar-refractivity contribution in [2.75, 3.05) is 33.8 Å². The van der Waals surface area contributed by atoms with E-state index in [4.69, 9.17) is 4.74 Å². The van der Waals surface area contributed by atoms with Crippen LogP contribution in [0.25, 0.3) is 0 Å². The summed E-state index contributed by atoms with van der Waals surface area (Å²) in [5.74, 6) is -4.23. The Balaban J connectivity index is 1.72. The number of ether oxygens (including phenoxy) is 1. The summed E-state index contributed by atoms with van der Waals surface area (Å²) in [4.78, 5) is 12.9. The van der Waals surface area contributed by atoms with Crippen molar-refractivity contribution in [1.29, 1.82) is 0 Å². The van der Waals surface area contributed by atoms with Crippen LogP contribution in [0.1, 0.15) is 37.7 Å². The third-order valence-electron chi connectivity index (χ3n) is 6.25. The van der Waals surface area contributed by atoms with Gasteiger partial charge in [-0.15, -0.1) is 0 Å². The van der Waals surface area contributed by atoms with Crippen molar-refractivity contribution in [2.45, 2.75) is 43.6 Å². The maximum absolute atomic E-state index is 13.8. The van der Waals surface area contributed by atoms with Crippen molar-refractivity contribution in [3.05, 3.63) is 35.9 Å². The lowest BCUT2D eigenvalue weighted by molar-refractivity contribution is -0.896. The van der Waals surface area contributed by atoms with E-state index in [2.05, 4.69) is 14.1 Å². The van der Waals surface area contributed by atoms with Gasteiger partial charge in [-0.2, -0.15) is 0 Å². The number of aliphatic hydroxyl groups is 1. The first-order chi connectivity index (χ1) is 12.6. The number of alkyl halides is 2. The lowest BCUT2D eigenvalue weighted by Crippen LogP contribution is -2.48. The molecule has 0 spiro atoms. The molecule has 2 aliphatic rings. The minimum Gasteiger partial charge on any atom is -0.463 e. The van der Waals surface area contributed by atoms with Crippen LogP contribution in [0, 0.1) is 11.8 Å². The molecular weight excluding hydrogens is 352 g/mol. The van der Waals surface area contributed by atoms with Gasteiger partial charge in [0.1, 0.15) is 0 Å². The first-order valence-electron chi connectivity index (χ1n) is 9.77. The molecule has 0 radical (unpaired) electrons. The molecule has 150 valence electrons. The summed E-state index contributed by atoms with van der Waals surface area (Å²) in [7, 11) is 4.35. The van der Waals surface area contributed by atoms with Gasteiger partial charge in [0.05, 0.1) is 33.8 Å². The predicted molar refractivity (Wildman–Crippen MR) is 98.2 cm³/mol. The number of carbonyl (C=O) groups is 1. The SMILES string of the molecule is C[N+]1(C)CCC(COC(=O)[C@](O)(c2ccccc2)[C@@H]2CCC(F)(F)C2)CC1. The summed E-state index contributed by atoms with van der Waals surface area (Å²) in [5.41, 5.74) is -1.69. The number of piperidine rings is 1. The Hall–Kier alpha value is -1.53. The largest absolute Gasteiger partial charge is 0.463 e. The number of benzene rings is 1. The maximum atomic E-state index is 13.8. The molecule has 2 atom stereocenters. The van der Waals surface area contributed by atoms with E-state index < -0.39 is 29.8 Å². The van der Waals surface area contributed by atoms with Crippen molar-refractivity contribution < 1.29 is 27.9 Å². The van der Waals surface area contributed by atoms with E-state index in [0.29, 0.717) is 5.56 Å². The molecule has 0 bridgehead atoms. The van der Waals surface area contributed by atoms with Gasteiger partial charge in [0.15, 0.2) is 5.60 Å². The number of quaternary nitrogens is 1. The molecule has 1 aromatic rings. The quantitative estimate of drug-likeness (QED) is 0.628. The molecule has 1 N–H and O–H groups in total. The average Bonchev–Trinajstić information content (AvgIpc) is 3.01. The van der Waals surface area contributed by atoms with Gasteiger partial charge >= 0.3 is 5.97 Å². The third-order valence-corrected chi connectivity index (χ3v) is 6.25. The highest BCUT2D eigenvalue weighted by molar-refractivity contribution is 5.81. The third kappa shape index (κ3) is 4.49. The monoisotopic (exact) mass is 382 g/mol. The minimum atomic E-state index is -2.85. The van der Waals surface area contributed by atoms with Crippen LogP contribution in [-0.2, 0) is 15.1 Å². The van der Waals surface area contributed by atoms with Gasteiger partial charge in [-0.05, 0) is 12.0 Å². The van der Waals surface area contributed by atoms with Crippen molar-refractivity contribution in [1.82, 2.24) is 0 Å². The molecule has 0 unspecified atom stereocenters. The number of likely N-dealkylation sites (tertiary alicyclic amines) is 1. The summed E-state index contributed by atoms with van der Waals surface area (Å²) in [6.45, 7) is 2.26. The molecule has 6 heteroatoms. The van der Waals surface area contributed by atoms with E-state index in [1.807, 2.05) is 0 Å². The molecule has 0 aromatic heterocycles. The zero-order chi connectivity index (χ0) is 19.7. The molecule has 1 heterocycles. The van der Waals surface area contributed by atoms with Crippen LogP contribution in [0.4, 0.5) is 8.78 Å². The molecule has 1 aliphatic carbocycles. The Bertz CT molecular complexity index is 655. The summed E-state index contributed by atoms with van der Waals surface area (Å²) in [6, 6.07) is 8.38. The number of esters is 1. The lowest BCUT2D eigenvalue weighted by Gasteiger charge is -2.37. The van der Waals surface area contributed by atoms with E-state index in [0.717, 1.165) is 30.4 Å². The van der Waals surface area contributed by atoms with Gasteiger partial charge in [0.25, 0.3) is 0 Å². The van der Waals surface area contributed by atoms with Gasteiger partial charge in [-0.25, -0.2) is 13.6 Å². The van der Waals surface area contributed by atoms with Gasteiger partial charge in [-0.3, -0.25) is 0 Å². The predicted octanol–water partition coefficient (Wildman–Crippen LogP) is 3.34. The molecular formula is C21H30F2NO3+. The average molecular weight is 382 g/mol.